The van der Waals surface area contributed by atoms with Crippen molar-refractivity contribution in [1.82, 2.24) is 9.97 Å². The Hall–Kier alpha value is -1.69. The van der Waals surface area contributed by atoms with Crippen molar-refractivity contribution >= 4 is 27.7 Å². The first-order chi connectivity index (χ1) is 8.20. The van der Waals surface area contributed by atoms with Gasteiger partial charge in [-0.05, 0) is 22.0 Å². The van der Waals surface area contributed by atoms with Gasteiger partial charge in [0.2, 0.25) is 0 Å². The number of rotatable bonds is 3. The fraction of sp³-hybridized carbons (Fsp3) is 0.182. The molecule has 6 heteroatoms. The molecule has 2 aromatic heterocycles. The second kappa shape index (κ2) is 5.09. The number of anilines is 1. The van der Waals surface area contributed by atoms with Crippen molar-refractivity contribution in [3.8, 4) is 0 Å². The SMILES string of the molecule is CCc1occc1C(=O)Nc1cnc(Br)cn1. The Morgan fingerprint density at radius 1 is 1.47 bits per heavy atom. The van der Waals surface area contributed by atoms with E-state index in [4.69, 9.17) is 4.42 Å². The van der Waals surface area contributed by atoms with E-state index < -0.39 is 0 Å². The van der Waals surface area contributed by atoms with Gasteiger partial charge in [0.1, 0.15) is 10.4 Å². The molecule has 0 radical (unpaired) electrons. The normalized spacial score (nSPS) is 10.2. The molecule has 0 aliphatic rings. The molecule has 5 nitrogen and oxygen atoms in total. The van der Waals surface area contributed by atoms with Crippen LogP contribution in [0.2, 0.25) is 0 Å². The van der Waals surface area contributed by atoms with Crippen molar-refractivity contribution in [2.45, 2.75) is 13.3 Å². The van der Waals surface area contributed by atoms with Gasteiger partial charge in [-0.2, -0.15) is 0 Å². The third-order valence-electron chi connectivity index (χ3n) is 2.17. The molecule has 0 fully saturated rings. The number of hydrogen-bond donors (Lipinski definition) is 1. The summed E-state index contributed by atoms with van der Waals surface area (Å²) in [5, 5.41) is 2.65. The average Bonchev–Trinajstić information content (AvgIpc) is 2.80. The largest absolute Gasteiger partial charge is 0.469 e. The van der Waals surface area contributed by atoms with Crippen LogP contribution in [0.1, 0.15) is 23.0 Å². The summed E-state index contributed by atoms with van der Waals surface area (Å²) in [6.07, 6.45) is 5.17. The number of nitrogens with zero attached hydrogens (tertiary/aromatic N) is 2. The van der Waals surface area contributed by atoms with E-state index in [0.717, 1.165) is 0 Å². The molecular weight excluding hydrogens is 286 g/mol. The lowest BCUT2D eigenvalue weighted by Crippen LogP contribution is -2.13. The third kappa shape index (κ3) is 2.71. The van der Waals surface area contributed by atoms with Gasteiger partial charge in [0.05, 0.1) is 24.2 Å². The van der Waals surface area contributed by atoms with Gasteiger partial charge in [0.25, 0.3) is 5.91 Å². The summed E-state index contributed by atoms with van der Waals surface area (Å²) in [5.41, 5.74) is 0.525. The summed E-state index contributed by atoms with van der Waals surface area (Å²) in [6.45, 7) is 1.93. The highest BCUT2D eigenvalue weighted by atomic mass is 79.9. The highest BCUT2D eigenvalue weighted by Crippen LogP contribution is 2.13. The number of hydrogen-bond acceptors (Lipinski definition) is 4. The number of carbonyl (C=O) groups excluding carboxylic acids is 1. The van der Waals surface area contributed by atoms with Crippen LogP contribution in [0.3, 0.4) is 0 Å². The maximum absolute atomic E-state index is 11.9. The number of aryl methyl sites for hydroxylation is 1. The zero-order valence-electron chi connectivity index (χ0n) is 9.11. The number of amides is 1. The predicted molar refractivity (Wildman–Crippen MR) is 65.8 cm³/mol. The molecule has 2 aromatic rings. The second-order valence-corrected chi connectivity index (χ2v) is 4.10. The molecule has 1 N–H and O–H groups in total. The van der Waals surface area contributed by atoms with Gasteiger partial charge in [0, 0.05) is 6.42 Å². The minimum absolute atomic E-state index is 0.243. The summed E-state index contributed by atoms with van der Waals surface area (Å²) >= 11 is 3.17. The zero-order valence-corrected chi connectivity index (χ0v) is 10.7. The first-order valence-electron chi connectivity index (χ1n) is 5.06. The smallest absolute Gasteiger partial charge is 0.260 e. The molecule has 2 heterocycles. The van der Waals surface area contributed by atoms with Gasteiger partial charge < -0.3 is 9.73 Å². The molecule has 0 saturated carbocycles. The van der Waals surface area contributed by atoms with Gasteiger partial charge in [-0.3, -0.25) is 4.79 Å². The fourth-order valence-electron chi connectivity index (χ4n) is 1.38. The highest BCUT2D eigenvalue weighted by molar-refractivity contribution is 9.10. The van der Waals surface area contributed by atoms with Crippen molar-refractivity contribution in [2.75, 3.05) is 5.32 Å². The molecule has 0 bridgehead atoms. The van der Waals surface area contributed by atoms with Crippen molar-refractivity contribution in [3.63, 3.8) is 0 Å². The molecule has 0 spiro atoms. The second-order valence-electron chi connectivity index (χ2n) is 3.29. The Morgan fingerprint density at radius 3 is 2.94 bits per heavy atom. The standard InChI is InChI=1S/C11H10BrN3O2/c1-2-8-7(3-4-17-8)11(16)15-10-6-13-9(12)5-14-10/h3-6H,2H2,1H3,(H,14,15,16). The monoisotopic (exact) mass is 295 g/mol. The molecule has 0 aromatic carbocycles. The molecule has 0 saturated heterocycles. The van der Waals surface area contributed by atoms with Gasteiger partial charge >= 0.3 is 0 Å². The topological polar surface area (TPSA) is 68.0 Å². The summed E-state index contributed by atoms with van der Waals surface area (Å²) in [4.78, 5) is 19.9. The number of aromatic nitrogens is 2. The number of carbonyl (C=O) groups is 1. The lowest BCUT2D eigenvalue weighted by Gasteiger charge is -2.03. The van der Waals surface area contributed by atoms with E-state index in [-0.39, 0.29) is 5.91 Å². The van der Waals surface area contributed by atoms with Crippen LogP contribution >= 0.6 is 15.9 Å². The zero-order chi connectivity index (χ0) is 12.3. The Kier molecular flexibility index (Phi) is 3.53. The first kappa shape index (κ1) is 11.8. The fourth-order valence-corrected chi connectivity index (χ4v) is 1.58. The third-order valence-corrected chi connectivity index (χ3v) is 2.58. The van der Waals surface area contributed by atoms with Crippen molar-refractivity contribution in [3.05, 3.63) is 40.7 Å². The molecule has 0 unspecified atom stereocenters. The number of halogens is 1. The van der Waals surface area contributed by atoms with E-state index in [1.54, 1.807) is 6.07 Å². The molecule has 1 amide bonds. The Balaban J connectivity index is 2.14. The molecule has 17 heavy (non-hydrogen) atoms. The molecule has 0 atom stereocenters. The van der Waals surface area contributed by atoms with Crippen molar-refractivity contribution in [1.29, 1.82) is 0 Å². The van der Waals surface area contributed by atoms with Gasteiger partial charge in [-0.1, -0.05) is 6.92 Å². The van der Waals surface area contributed by atoms with E-state index in [0.29, 0.717) is 28.2 Å². The average molecular weight is 296 g/mol. The van der Waals surface area contributed by atoms with Crippen LogP contribution in [0.5, 0.6) is 0 Å². The number of nitrogens with one attached hydrogen (secondary N) is 1. The first-order valence-corrected chi connectivity index (χ1v) is 5.85. The van der Waals surface area contributed by atoms with E-state index >= 15 is 0 Å². The van der Waals surface area contributed by atoms with Crippen LogP contribution in [-0.4, -0.2) is 15.9 Å². The number of furan rings is 1. The van der Waals surface area contributed by atoms with Crippen LogP contribution in [0.15, 0.2) is 33.7 Å². The van der Waals surface area contributed by atoms with Crippen molar-refractivity contribution < 1.29 is 9.21 Å². The van der Waals surface area contributed by atoms with Gasteiger partial charge in [-0.15, -0.1) is 0 Å². The van der Waals surface area contributed by atoms with Crippen LogP contribution < -0.4 is 5.32 Å². The van der Waals surface area contributed by atoms with Crippen LogP contribution in [0, 0.1) is 0 Å². The summed E-state index contributed by atoms with van der Waals surface area (Å²) in [6, 6.07) is 1.64. The lowest BCUT2D eigenvalue weighted by atomic mass is 10.2. The van der Waals surface area contributed by atoms with E-state index in [1.807, 2.05) is 6.92 Å². The van der Waals surface area contributed by atoms with Gasteiger partial charge in [-0.25, -0.2) is 9.97 Å². The lowest BCUT2D eigenvalue weighted by molar-refractivity contribution is 0.102. The molecule has 0 aliphatic heterocycles. The maximum Gasteiger partial charge on any atom is 0.260 e. The minimum Gasteiger partial charge on any atom is -0.469 e. The van der Waals surface area contributed by atoms with Crippen LogP contribution in [-0.2, 0) is 6.42 Å². The van der Waals surface area contributed by atoms with Crippen LogP contribution in [0.25, 0.3) is 0 Å². The Labute approximate surface area is 106 Å². The quantitative estimate of drug-likeness (QED) is 0.945. The molecule has 88 valence electrons. The van der Waals surface area contributed by atoms with E-state index in [9.17, 15) is 4.79 Å². The maximum atomic E-state index is 11.9. The molecule has 0 aliphatic carbocycles. The Bertz CT molecular complexity index is 522. The summed E-state index contributed by atoms with van der Waals surface area (Å²) in [5.74, 6) is 0.821. The minimum atomic E-state index is -0.243. The van der Waals surface area contributed by atoms with E-state index in [1.165, 1.54) is 18.7 Å². The summed E-state index contributed by atoms with van der Waals surface area (Å²) < 4.78 is 5.81. The molecule has 2 rings (SSSR count). The molecular formula is C11H10BrN3O2. The predicted octanol–water partition coefficient (Wildman–Crippen LogP) is 2.65. The highest BCUT2D eigenvalue weighted by Gasteiger charge is 2.13. The van der Waals surface area contributed by atoms with Crippen LogP contribution in [0.4, 0.5) is 5.82 Å². The summed E-state index contributed by atoms with van der Waals surface area (Å²) in [7, 11) is 0. The van der Waals surface area contributed by atoms with Gasteiger partial charge in [0.15, 0.2) is 5.82 Å². The van der Waals surface area contributed by atoms with E-state index in [2.05, 4.69) is 31.2 Å². The Morgan fingerprint density at radius 2 is 2.29 bits per heavy atom. The van der Waals surface area contributed by atoms with Crippen molar-refractivity contribution in [2.24, 2.45) is 0 Å².